The van der Waals surface area contributed by atoms with Crippen molar-refractivity contribution >= 4 is 17.9 Å². The van der Waals surface area contributed by atoms with Crippen molar-refractivity contribution in [3.8, 4) is 0 Å². The average molecular weight is 1000 g/mol. The molecular weight excluding hydrogens is 889 g/mol. The van der Waals surface area contributed by atoms with Crippen molar-refractivity contribution in [2.75, 3.05) is 13.2 Å². The van der Waals surface area contributed by atoms with Crippen LogP contribution in [0.5, 0.6) is 0 Å². The van der Waals surface area contributed by atoms with Gasteiger partial charge in [0.25, 0.3) is 0 Å². The molecule has 0 saturated heterocycles. The van der Waals surface area contributed by atoms with Gasteiger partial charge in [-0.3, -0.25) is 14.4 Å². The summed E-state index contributed by atoms with van der Waals surface area (Å²) in [5.41, 5.74) is 0. The number of allylic oxidation sites excluding steroid dienone is 14. The van der Waals surface area contributed by atoms with Crippen LogP contribution >= 0.6 is 0 Å². The zero-order chi connectivity index (χ0) is 52.2. The van der Waals surface area contributed by atoms with Gasteiger partial charge in [-0.1, -0.05) is 254 Å². The Morgan fingerprint density at radius 3 is 0.931 bits per heavy atom. The van der Waals surface area contributed by atoms with Crippen molar-refractivity contribution in [2.24, 2.45) is 0 Å². The lowest BCUT2D eigenvalue weighted by atomic mass is 10.0. The lowest BCUT2D eigenvalue weighted by Gasteiger charge is -2.18. The maximum atomic E-state index is 12.8. The second-order valence-electron chi connectivity index (χ2n) is 20.2. The number of carbonyl (C=O) groups excluding carboxylic acids is 3. The third-order valence-corrected chi connectivity index (χ3v) is 13.1. The Morgan fingerprint density at radius 1 is 0.292 bits per heavy atom. The minimum absolute atomic E-state index is 0.101. The first-order valence-corrected chi connectivity index (χ1v) is 30.6. The Kier molecular flexibility index (Phi) is 57.3. The van der Waals surface area contributed by atoms with Gasteiger partial charge in [-0.15, -0.1) is 0 Å². The predicted octanol–water partition coefficient (Wildman–Crippen LogP) is 20.7. The van der Waals surface area contributed by atoms with Crippen molar-refractivity contribution in [2.45, 2.75) is 303 Å². The summed E-state index contributed by atoms with van der Waals surface area (Å²) in [7, 11) is 0. The highest BCUT2D eigenvalue weighted by atomic mass is 16.6. The Bertz CT molecular complexity index is 1380. The summed E-state index contributed by atoms with van der Waals surface area (Å²) >= 11 is 0. The van der Waals surface area contributed by atoms with E-state index in [-0.39, 0.29) is 37.5 Å². The minimum Gasteiger partial charge on any atom is -0.462 e. The first-order chi connectivity index (χ1) is 35.5. The second-order valence-corrected chi connectivity index (χ2v) is 20.2. The Labute approximate surface area is 445 Å². The Hall–Kier alpha value is -3.41. The van der Waals surface area contributed by atoms with E-state index in [9.17, 15) is 14.4 Å². The summed E-state index contributed by atoms with van der Waals surface area (Å²) in [6, 6.07) is 0. The van der Waals surface area contributed by atoms with Crippen LogP contribution in [0.1, 0.15) is 297 Å². The summed E-state index contributed by atoms with van der Waals surface area (Å²) in [5.74, 6) is -0.962. The number of unbranched alkanes of at least 4 members (excludes halogenated alkanes) is 30. The first kappa shape index (κ1) is 68.6. The van der Waals surface area contributed by atoms with E-state index in [2.05, 4.69) is 106 Å². The first-order valence-electron chi connectivity index (χ1n) is 30.6. The SMILES string of the molecule is CC/C=C\C/C=C\C/C=C\C/C=C\C/C=C\CCCC(=O)OC(COC(=O)CCCCCCC/C=C\CCCCC)COC(=O)CCCCCCCCCCCCCCC/C=C\CCCCCCCCCC. The van der Waals surface area contributed by atoms with E-state index in [0.29, 0.717) is 19.3 Å². The van der Waals surface area contributed by atoms with Crippen LogP contribution in [0.4, 0.5) is 0 Å². The maximum absolute atomic E-state index is 12.8. The van der Waals surface area contributed by atoms with Crippen LogP contribution in [0.15, 0.2) is 85.1 Å². The average Bonchev–Trinajstić information content (AvgIpc) is 3.38. The Morgan fingerprint density at radius 2 is 0.556 bits per heavy atom. The molecule has 0 spiro atoms. The fourth-order valence-corrected chi connectivity index (χ4v) is 8.53. The number of ether oxygens (including phenoxy) is 3. The number of esters is 3. The molecule has 0 N–H and O–H groups in total. The van der Waals surface area contributed by atoms with E-state index in [4.69, 9.17) is 14.2 Å². The minimum atomic E-state index is -0.810. The lowest BCUT2D eigenvalue weighted by molar-refractivity contribution is -0.167. The number of hydrogen-bond donors (Lipinski definition) is 0. The molecule has 0 fully saturated rings. The molecule has 0 rings (SSSR count). The van der Waals surface area contributed by atoms with Crippen LogP contribution in [0.3, 0.4) is 0 Å². The predicted molar refractivity (Wildman–Crippen MR) is 311 cm³/mol. The Balaban J connectivity index is 4.33. The molecule has 0 aromatic heterocycles. The molecule has 0 saturated carbocycles. The molecule has 72 heavy (non-hydrogen) atoms. The zero-order valence-corrected chi connectivity index (χ0v) is 47.4. The van der Waals surface area contributed by atoms with E-state index in [1.807, 2.05) is 0 Å². The van der Waals surface area contributed by atoms with E-state index < -0.39 is 6.10 Å². The van der Waals surface area contributed by atoms with Crippen LogP contribution < -0.4 is 0 Å². The van der Waals surface area contributed by atoms with Crippen LogP contribution in [0.2, 0.25) is 0 Å². The summed E-state index contributed by atoms with van der Waals surface area (Å²) in [4.78, 5) is 38.2. The van der Waals surface area contributed by atoms with Gasteiger partial charge in [0.1, 0.15) is 13.2 Å². The van der Waals surface area contributed by atoms with Gasteiger partial charge in [0.15, 0.2) is 6.10 Å². The summed E-state index contributed by atoms with van der Waals surface area (Å²) < 4.78 is 16.8. The third kappa shape index (κ3) is 57.5. The molecule has 0 heterocycles. The molecule has 0 aromatic rings. The largest absolute Gasteiger partial charge is 0.462 e. The molecule has 6 nitrogen and oxygen atoms in total. The van der Waals surface area contributed by atoms with Crippen molar-refractivity contribution in [3.05, 3.63) is 85.1 Å². The van der Waals surface area contributed by atoms with E-state index in [1.165, 1.54) is 161 Å². The number of carbonyl (C=O) groups is 3. The standard InChI is InChI=1S/C66H114O6/c1-4-7-10-13-16-19-22-25-27-29-30-31-32-33-34-35-36-38-39-41-44-47-50-53-56-59-65(68)71-62-63(61-70-64(67)58-55-52-49-46-43-24-21-18-15-12-9-6-3)72-66(69)60-57-54-51-48-45-42-40-37-28-26-23-20-17-14-11-8-5-2/h8,11,17-18,20-21,26,28-30,40,42,48,51,63H,4-7,9-10,12-16,19,22-25,27,31-39,41,43-47,49-50,52-62H2,1-3H3/b11-8-,20-17-,21-18-,28-26-,30-29-,42-40-,51-48-. The molecule has 6 heteroatoms. The molecular formula is C66H114O6. The van der Waals surface area contributed by atoms with Crippen LogP contribution in [-0.2, 0) is 28.6 Å². The fraction of sp³-hybridized carbons (Fsp3) is 0.742. The summed E-state index contributed by atoms with van der Waals surface area (Å²) in [6.45, 7) is 6.47. The van der Waals surface area contributed by atoms with Gasteiger partial charge in [-0.25, -0.2) is 0 Å². The third-order valence-electron chi connectivity index (χ3n) is 13.1. The van der Waals surface area contributed by atoms with Gasteiger partial charge in [-0.2, -0.15) is 0 Å². The fourth-order valence-electron chi connectivity index (χ4n) is 8.53. The van der Waals surface area contributed by atoms with Crippen LogP contribution in [0, 0.1) is 0 Å². The van der Waals surface area contributed by atoms with Crippen LogP contribution in [0.25, 0.3) is 0 Å². The number of rotatable bonds is 55. The van der Waals surface area contributed by atoms with Gasteiger partial charge < -0.3 is 14.2 Å². The normalized spacial score (nSPS) is 12.7. The van der Waals surface area contributed by atoms with Crippen molar-refractivity contribution in [3.63, 3.8) is 0 Å². The van der Waals surface area contributed by atoms with Gasteiger partial charge in [-0.05, 0) is 109 Å². The molecule has 0 aliphatic rings. The highest BCUT2D eigenvalue weighted by Gasteiger charge is 2.19. The van der Waals surface area contributed by atoms with Gasteiger partial charge in [0, 0.05) is 19.3 Å². The molecule has 1 unspecified atom stereocenters. The van der Waals surface area contributed by atoms with Crippen molar-refractivity contribution in [1.82, 2.24) is 0 Å². The van der Waals surface area contributed by atoms with Gasteiger partial charge in [0.2, 0.25) is 0 Å². The number of hydrogen-bond acceptors (Lipinski definition) is 6. The maximum Gasteiger partial charge on any atom is 0.306 e. The summed E-state index contributed by atoms with van der Waals surface area (Å²) in [6.07, 6.45) is 78.9. The van der Waals surface area contributed by atoms with Gasteiger partial charge >= 0.3 is 17.9 Å². The smallest absolute Gasteiger partial charge is 0.306 e. The zero-order valence-electron chi connectivity index (χ0n) is 47.4. The summed E-state index contributed by atoms with van der Waals surface area (Å²) in [5, 5.41) is 0. The molecule has 0 radical (unpaired) electrons. The monoisotopic (exact) mass is 1000 g/mol. The lowest BCUT2D eigenvalue weighted by Crippen LogP contribution is -2.30. The molecule has 0 aliphatic carbocycles. The van der Waals surface area contributed by atoms with Gasteiger partial charge in [0.05, 0.1) is 0 Å². The van der Waals surface area contributed by atoms with E-state index in [0.717, 1.165) is 89.9 Å². The van der Waals surface area contributed by atoms with Crippen molar-refractivity contribution in [1.29, 1.82) is 0 Å². The molecule has 0 bridgehead atoms. The van der Waals surface area contributed by atoms with Crippen molar-refractivity contribution < 1.29 is 28.6 Å². The molecule has 414 valence electrons. The van der Waals surface area contributed by atoms with Crippen LogP contribution in [-0.4, -0.2) is 37.2 Å². The topological polar surface area (TPSA) is 78.9 Å². The highest BCUT2D eigenvalue weighted by molar-refractivity contribution is 5.71. The highest BCUT2D eigenvalue weighted by Crippen LogP contribution is 2.16. The molecule has 1 atom stereocenters. The van der Waals surface area contributed by atoms with E-state index in [1.54, 1.807) is 0 Å². The van der Waals surface area contributed by atoms with E-state index >= 15 is 0 Å². The molecule has 0 aliphatic heterocycles. The molecule has 0 amide bonds. The quantitative estimate of drug-likeness (QED) is 0.0261. The molecule has 0 aromatic carbocycles. The second kappa shape index (κ2) is 60.1.